The van der Waals surface area contributed by atoms with Crippen molar-refractivity contribution in [3.8, 4) is 33.6 Å². The van der Waals surface area contributed by atoms with Crippen LogP contribution in [0.1, 0.15) is 26.6 Å². The molecule has 0 saturated carbocycles. The van der Waals surface area contributed by atoms with Crippen molar-refractivity contribution in [1.29, 1.82) is 0 Å². The van der Waals surface area contributed by atoms with E-state index in [1.807, 2.05) is 12.1 Å². The van der Waals surface area contributed by atoms with Gasteiger partial charge >= 0.3 is 0 Å². The van der Waals surface area contributed by atoms with Crippen LogP contribution >= 0.6 is 0 Å². The molecule has 0 bridgehead atoms. The van der Waals surface area contributed by atoms with Gasteiger partial charge in [0.15, 0.2) is 0 Å². The number of rotatable bonds is 3. The number of fused-ring (bicyclic) bond motifs is 3. The molecule has 2 heterocycles. The van der Waals surface area contributed by atoms with Gasteiger partial charge < -0.3 is 0 Å². The number of hydrogen-bond donors (Lipinski definition) is 0. The van der Waals surface area contributed by atoms with Crippen molar-refractivity contribution >= 4 is 21.8 Å². The third-order valence-corrected chi connectivity index (χ3v) is 6.52. The first-order valence-corrected chi connectivity index (χ1v) is 12.3. The van der Waals surface area contributed by atoms with Crippen molar-refractivity contribution in [3.63, 3.8) is 0 Å². The Hall–Kier alpha value is -4.37. The van der Waals surface area contributed by atoms with E-state index in [2.05, 4.69) is 118 Å². The Morgan fingerprint density at radius 1 is 0.500 bits per heavy atom. The quantitative estimate of drug-likeness (QED) is 0.246. The highest BCUT2D eigenvalue weighted by molar-refractivity contribution is 6.12. The Kier molecular flexibility index (Phi) is 5.34. The van der Waals surface area contributed by atoms with Crippen LogP contribution < -0.4 is 0 Å². The molecule has 0 aliphatic heterocycles. The minimum atomic E-state index is -0.209. The van der Waals surface area contributed by atoms with Crippen molar-refractivity contribution in [2.24, 2.45) is 0 Å². The van der Waals surface area contributed by atoms with Gasteiger partial charge in [0, 0.05) is 27.3 Å². The molecule has 0 aliphatic carbocycles. The largest absolute Gasteiger partial charge is 0.245 e. The molecular weight excluding hydrogens is 438 g/mol. The van der Waals surface area contributed by atoms with Crippen molar-refractivity contribution in [3.05, 3.63) is 115 Å². The van der Waals surface area contributed by atoms with Crippen LogP contribution in [0.4, 0.5) is 0 Å². The first kappa shape index (κ1) is 22.1. The molecule has 0 amide bonds. The topological polar surface area (TPSA) is 38.7 Å². The second-order valence-electron chi connectivity index (χ2n) is 10.2. The minimum Gasteiger partial charge on any atom is -0.245 e. The molecule has 0 aliphatic rings. The van der Waals surface area contributed by atoms with E-state index in [1.165, 1.54) is 0 Å². The summed E-state index contributed by atoms with van der Waals surface area (Å²) in [4.78, 5) is 15.5. The molecule has 36 heavy (non-hydrogen) atoms. The Bertz CT molecular complexity index is 1680. The standard InChI is InChI=1S/C33H27N3/c1-33(2,3)32-35-29(24-17-11-6-12-18-24)26-20-19-25-27(22-13-7-4-8-14-22)21-28(23-15-9-5-10-16-23)34-30(25)31(26)36-32/h4-21H,1-3H3. The monoisotopic (exact) mass is 465 g/mol. The van der Waals surface area contributed by atoms with Crippen molar-refractivity contribution < 1.29 is 0 Å². The number of pyridine rings is 1. The molecule has 0 saturated heterocycles. The van der Waals surface area contributed by atoms with E-state index in [-0.39, 0.29) is 5.41 Å². The van der Waals surface area contributed by atoms with Gasteiger partial charge in [-0.05, 0) is 23.3 Å². The van der Waals surface area contributed by atoms with E-state index < -0.39 is 0 Å². The first-order valence-electron chi connectivity index (χ1n) is 12.3. The van der Waals surface area contributed by atoms with Crippen molar-refractivity contribution in [2.75, 3.05) is 0 Å². The van der Waals surface area contributed by atoms with Crippen LogP contribution in [0, 0.1) is 0 Å². The van der Waals surface area contributed by atoms with E-state index in [0.717, 1.165) is 61.3 Å². The summed E-state index contributed by atoms with van der Waals surface area (Å²) in [5, 5.41) is 2.10. The van der Waals surface area contributed by atoms with Gasteiger partial charge in [0.1, 0.15) is 11.3 Å². The normalized spacial score (nSPS) is 11.8. The molecule has 0 radical (unpaired) electrons. The zero-order valence-corrected chi connectivity index (χ0v) is 20.7. The fourth-order valence-corrected chi connectivity index (χ4v) is 4.64. The van der Waals surface area contributed by atoms with Gasteiger partial charge in [0.2, 0.25) is 0 Å². The third-order valence-electron chi connectivity index (χ3n) is 6.52. The highest BCUT2D eigenvalue weighted by Gasteiger charge is 2.22. The number of aromatic nitrogens is 3. The second-order valence-corrected chi connectivity index (χ2v) is 10.2. The molecule has 6 aromatic rings. The zero-order chi connectivity index (χ0) is 24.7. The molecular formula is C33H27N3. The molecule has 0 fully saturated rings. The fraction of sp³-hybridized carbons (Fsp3) is 0.121. The zero-order valence-electron chi connectivity index (χ0n) is 20.7. The van der Waals surface area contributed by atoms with Crippen LogP contribution in [0.15, 0.2) is 109 Å². The van der Waals surface area contributed by atoms with E-state index in [1.54, 1.807) is 0 Å². The highest BCUT2D eigenvalue weighted by atomic mass is 14.9. The smallest absolute Gasteiger partial charge is 0.135 e. The summed E-state index contributed by atoms with van der Waals surface area (Å²) in [5.74, 6) is 0.814. The van der Waals surface area contributed by atoms with Crippen LogP contribution in [-0.4, -0.2) is 15.0 Å². The number of hydrogen-bond acceptors (Lipinski definition) is 3. The molecule has 0 atom stereocenters. The van der Waals surface area contributed by atoms with Crippen LogP contribution in [-0.2, 0) is 5.41 Å². The maximum atomic E-state index is 5.23. The van der Waals surface area contributed by atoms with Crippen LogP contribution in [0.25, 0.3) is 55.4 Å². The molecule has 0 unspecified atom stereocenters. The summed E-state index contributed by atoms with van der Waals surface area (Å²) in [6.45, 7) is 6.48. The SMILES string of the molecule is CC(C)(C)c1nc(-c2ccccc2)c2ccc3c(-c4ccccc4)cc(-c4ccccc4)nc3c2n1. The van der Waals surface area contributed by atoms with E-state index in [9.17, 15) is 0 Å². The van der Waals surface area contributed by atoms with Crippen LogP contribution in [0.3, 0.4) is 0 Å². The van der Waals surface area contributed by atoms with Gasteiger partial charge in [-0.3, -0.25) is 0 Å². The Morgan fingerprint density at radius 2 is 1.03 bits per heavy atom. The van der Waals surface area contributed by atoms with Gasteiger partial charge in [-0.2, -0.15) is 0 Å². The summed E-state index contributed by atoms with van der Waals surface area (Å²) >= 11 is 0. The Balaban J connectivity index is 1.76. The average molecular weight is 466 g/mol. The van der Waals surface area contributed by atoms with Gasteiger partial charge in [0.25, 0.3) is 0 Å². The fourth-order valence-electron chi connectivity index (χ4n) is 4.64. The number of benzene rings is 4. The molecule has 6 rings (SSSR count). The Labute approximate surface area is 211 Å². The summed E-state index contributed by atoms with van der Waals surface area (Å²) in [6.07, 6.45) is 0. The molecule has 3 heteroatoms. The molecule has 0 N–H and O–H groups in total. The van der Waals surface area contributed by atoms with Gasteiger partial charge in [-0.15, -0.1) is 0 Å². The maximum Gasteiger partial charge on any atom is 0.135 e. The summed E-state index contributed by atoms with van der Waals surface area (Å²) in [7, 11) is 0. The highest BCUT2D eigenvalue weighted by Crippen LogP contribution is 2.38. The van der Waals surface area contributed by atoms with E-state index >= 15 is 0 Å². The van der Waals surface area contributed by atoms with E-state index in [0.29, 0.717) is 0 Å². The predicted octanol–water partition coefficient (Wildman–Crippen LogP) is 8.48. The molecule has 174 valence electrons. The van der Waals surface area contributed by atoms with Gasteiger partial charge in [-0.25, -0.2) is 15.0 Å². The lowest BCUT2D eigenvalue weighted by molar-refractivity contribution is 0.549. The third kappa shape index (κ3) is 3.93. The number of nitrogens with zero attached hydrogens (tertiary/aromatic N) is 3. The minimum absolute atomic E-state index is 0.209. The molecule has 0 spiro atoms. The van der Waals surface area contributed by atoms with Crippen LogP contribution in [0.5, 0.6) is 0 Å². The molecule has 2 aromatic heterocycles. The van der Waals surface area contributed by atoms with Crippen molar-refractivity contribution in [2.45, 2.75) is 26.2 Å². The maximum absolute atomic E-state index is 5.23. The Morgan fingerprint density at radius 3 is 1.64 bits per heavy atom. The second kappa shape index (κ2) is 8.69. The lowest BCUT2D eigenvalue weighted by Crippen LogP contribution is -2.16. The molecule has 3 nitrogen and oxygen atoms in total. The summed E-state index contributed by atoms with van der Waals surface area (Å²) < 4.78 is 0. The van der Waals surface area contributed by atoms with Gasteiger partial charge in [-0.1, -0.05) is 118 Å². The van der Waals surface area contributed by atoms with Crippen LogP contribution in [0.2, 0.25) is 0 Å². The summed E-state index contributed by atoms with van der Waals surface area (Å²) in [6, 6.07) is 37.8. The predicted molar refractivity (Wildman–Crippen MR) is 150 cm³/mol. The van der Waals surface area contributed by atoms with Gasteiger partial charge in [0.05, 0.1) is 16.9 Å². The lowest BCUT2D eigenvalue weighted by atomic mass is 9.93. The van der Waals surface area contributed by atoms with E-state index in [4.69, 9.17) is 15.0 Å². The average Bonchev–Trinajstić information content (AvgIpc) is 2.92. The lowest BCUT2D eigenvalue weighted by Gasteiger charge is -2.20. The first-order chi connectivity index (χ1) is 17.5. The molecule has 4 aromatic carbocycles. The van der Waals surface area contributed by atoms with Crippen molar-refractivity contribution in [1.82, 2.24) is 15.0 Å². The summed E-state index contributed by atoms with van der Waals surface area (Å²) in [5.41, 5.74) is 7.94.